The fourth-order valence-corrected chi connectivity index (χ4v) is 7.25. The smallest absolute Gasteiger partial charge is 0.0443 e. The van der Waals surface area contributed by atoms with Crippen molar-refractivity contribution in [3.8, 4) is 0 Å². The minimum atomic E-state index is 0.506. The van der Waals surface area contributed by atoms with Crippen LogP contribution in [0.3, 0.4) is 0 Å². The largest absolute Gasteiger partial charge is 0.261 e. The monoisotopic (exact) mass is 347 g/mol. The molecule has 4 aliphatic carbocycles. The first-order valence-corrected chi connectivity index (χ1v) is 9.46. The number of nitrogens with zero attached hydrogens (tertiary/aromatic N) is 1. The molecular weight excluding hydrogens is 322 g/mol. The summed E-state index contributed by atoms with van der Waals surface area (Å²) in [6.45, 7) is 4.92. The highest BCUT2D eigenvalue weighted by Gasteiger charge is 2.58. The van der Waals surface area contributed by atoms with E-state index in [1.54, 1.807) is 0 Å². The van der Waals surface area contributed by atoms with E-state index in [4.69, 9.17) is 0 Å². The molecule has 1 aromatic heterocycles. The SMILES string of the molecule is CC(c1ccccn1)C(Br)C12CC3CC(CC(C)(C3)C1)C2. The molecule has 0 aliphatic heterocycles. The van der Waals surface area contributed by atoms with Crippen molar-refractivity contribution in [3.05, 3.63) is 30.1 Å². The predicted molar refractivity (Wildman–Crippen MR) is 90.6 cm³/mol. The van der Waals surface area contributed by atoms with Crippen molar-refractivity contribution in [1.29, 1.82) is 0 Å². The van der Waals surface area contributed by atoms with Gasteiger partial charge < -0.3 is 0 Å². The average molecular weight is 348 g/mol. The van der Waals surface area contributed by atoms with Crippen LogP contribution in [0.2, 0.25) is 0 Å². The molecule has 0 amide bonds. The lowest BCUT2D eigenvalue weighted by atomic mass is 9.43. The average Bonchev–Trinajstić information content (AvgIpc) is 2.44. The Bertz CT molecular complexity index is 512. The second kappa shape index (κ2) is 4.81. The van der Waals surface area contributed by atoms with Gasteiger partial charge in [0.15, 0.2) is 0 Å². The van der Waals surface area contributed by atoms with Crippen molar-refractivity contribution < 1.29 is 0 Å². The predicted octanol–water partition coefficient (Wildman–Crippen LogP) is 5.56. The molecule has 4 unspecified atom stereocenters. The quantitative estimate of drug-likeness (QED) is 0.652. The molecule has 0 radical (unpaired) electrons. The lowest BCUT2D eigenvalue weighted by molar-refractivity contribution is -0.103. The van der Waals surface area contributed by atoms with Gasteiger partial charge in [-0.1, -0.05) is 35.8 Å². The first-order valence-electron chi connectivity index (χ1n) is 8.55. The maximum atomic E-state index is 4.61. The molecule has 5 rings (SSSR count). The van der Waals surface area contributed by atoms with E-state index < -0.39 is 0 Å². The van der Waals surface area contributed by atoms with Crippen LogP contribution >= 0.6 is 15.9 Å². The lowest BCUT2D eigenvalue weighted by Crippen LogP contribution is -2.54. The van der Waals surface area contributed by atoms with Gasteiger partial charge in [0.2, 0.25) is 0 Å². The Hall–Kier alpha value is -0.370. The number of hydrogen-bond donors (Lipinski definition) is 0. The first-order chi connectivity index (χ1) is 10.00. The third kappa shape index (κ3) is 2.29. The molecule has 1 aromatic rings. The van der Waals surface area contributed by atoms with Gasteiger partial charge in [0.25, 0.3) is 0 Å². The Morgan fingerprint density at radius 3 is 2.48 bits per heavy atom. The topological polar surface area (TPSA) is 12.9 Å². The summed E-state index contributed by atoms with van der Waals surface area (Å²) in [5.74, 6) is 2.49. The zero-order valence-electron chi connectivity index (χ0n) is 13.2. The Labute approximate surface area is 137 Å². The second-order valence-corrected chi connectivity index (χ2v) is 9.57. The maximum absolute atomic E-state index is 4.61. The standard InChI is InChI=1S/C19H26BrN/c1-13(16-5-3-4-6-21-16)17(20)19-10-14-7-15(11-19)9-18(2,8-14)12-19/h3-6,13-15,17H,7-12H2,1-2H3. The van der Waals surface area contributed by atoms with Crippen LogP contribution in [-0.2, 0) is 0 Å². The van der Waals surface area contributed by atoms with E-state index in [-0.39, 0.29) is 0 Å². The molecule has 4 fully saturated rings. The minimum Gasteiger partial charge on any atom is -0.261 e. The number of rotatable bonds is 3. The van der Waals surface area contributed by atoms with Gasteiger partial charge in [0, 0.05) is 22.6 Å². The summed E-state index contributed by atoms with van der Waals surface area (Å²) in [7, 11) is 0. The molecule has 0 aromatic carbocycles. The summed E-state index contributed by atoms with van der Waals surface area (Å²) in [5, 5.41) is 0. The molecule has 4 atom stereocenters. The zero-order valence-corrected chi connectivity index (χ0v) is 14.8. The van der Waals surface area contributed by atoms with Crippen LogP contribution in [-0.4, -0.2) is 9.81 Å². The first kappa shape index (κ1) is 14.2. The van der Waals surface area contributed by atoms with Crippen molar-refractivity contribution in [2.45, 2.75) is 63.1 Å². The fraction of sp³-hybridized carbons (Fsp3) is 0.737. The van der Waals surface area contributed by atoms with Gasteiger partial charge in [-0.15, -0.1) is 0 Å². The van der Waals surface area contributed by atoms with Crippen LogP contribution < -0.4 is 0 Å². The van der Waals surface area contributed by atoms with Crippen LogP contribution in [0.15, 0.2) is 24.4 Å². The third-order valence-corrected chi connectivity index (χ3v) is 8.34. The molecular formula is C19H26BrN. The van der Waals surface area contributed by atoms with Crippen LogP contribution in [0.5, 0.6) is 0 Å². The van der Waals surface area contributed by atoms with Gasteiger partial charge in [-0.2, -0.15) is 0 Å². The molecule has 0 saturated heterocycles. The van der Waals surface area contributed by atoms with E-state index in [1.807, 2.05) is 12.3 Å². The Morgan fingerprint density at radius 2 is 1.90 bits per heavy atom. The lowest BCUT2D eigenvalue weighted by Gasteiger charge is -2.63. The Morgan fingerprint density at radius 1 is 1.19 bits per heavy atom. The molecule has 21 heavy (non-hydrogen) atoms. The van der Waals surface area contributed by atoms with E-state index in [2.05, 4.69) is 46.9 Å². The summed E-state index contributed by atoms with van der Waals surface area (Å²) >= 11 is 4.15. The Kier molecular flexibility index (Phi) is 3.26. The van der Waals surface area contributed by atoms with Crippen molar-refractivity contribution >= 4 is 15.9 Å². The van der Waals surface area contributed by atoms with Crippen LogP contribution in [0.4, 0.5) is 0 Å². The van der Waals surface area contributed by atoms with Crippen molar-refractivity contribution in [1.82, 2.24) is 4.98 Å². The highest BCUT2D eigenvalue weighted by atomic mass is 79.9. The molecule has 0 spiro atoms. The molecule has 0 N–H and O–H groups in total. The van der Waals surface area contributed by atoms with Gasteiger partial charge in [0.1, 0.15) is 0 Å². The van der Waals surface area contributed by atoms with Gasteiger partial charge >= 0.3 is 0 Å². The van der Waals surface area contributed by atoms with Gasteiger partial charge in [-0.3, -0.25) is 4.98 Å². The van der Waals surface area contributed by atoms with Crippen molar-refractivity contribution in [2.24, 2.45) is 22.7 Å². The van der Waals surface area contributed by atoms with Crippen molar-refractivity contribution in [3.63, 3.8) is 0 Å². The molecule has 114 valence electrons. The van der Waals surface area contributed by atoms with Gasteiger partial charge in [0.05, 0.1) is 0 Å². The van der Waals surface area contributed by atoms with E-state index >= 15 is 0 Å². The number of aromatic nitrogens is 1. The number of halogens is 1. The minimum absolute atomic E-state index is 0.506. The van der Waals surface area contributed by atoms with Crippen LogP contribution in [0.25, 0.3) is 0 Å². The summed E-state index contributed by atoms with van der Waals surface area (Å²) in [6, 6.07) is 6.34. The second-order valence-electron chi connectivity index (χ2n) is 8.58. The summed E-state index contributed by atoms with van der Waals surface area (Å²) < 4.78 is 0. The van der Waals surface area contributed by atoms with E-state index in [9.17, 15) is 0 Å². The normalized spacial score (nSPS) is 43.8. The Balaban J connectivity index is 1.63. The summed E-state index contributed by atoms with van der Waals surface area (Å²) in [4.78, 5) is 5.19. The summed E-state index contributed by atoms with van der Waals surface area (Å²) in [6.07, 6.45) is 10.8. The van der Waals surface area contributed by atoms with Gasteiger partial charge in [-0.05, 0) is 73.3 Å². The zero-order chi connectivity index (χ0) is 14.7. The summed E-state index contributed by atoms with van der Waals surface area (Å²) in [5.41, 5.74) is 2.40. The molecule has 1 nitrogen and oxygen atoms in total. The number of alkyl halides is 1. The molecule has 4 bridgehead atoms. The maximum Gasteiger partial charge on any atom is 0.0443 e. The van der Waals surface area contributed by atoms with Crippen LogP contribution in [0, 0.1) is 22.7 Å². The molecule has 4 saturated carbocycles. The molecule has 2 heteroatoms. The number of pyridine rings is 1. The van der Waals surface area contributed by atoms with Gasteiger partial charge in [-0.25, -0.2) is 0 Å². The van der Waals surface area contributed by atoms with E-state index in [0.29, 0.717) is 21.6 Å². The molecule has 4 aliphatic rings. The highest BCUT2D eigenvalue weighted by molar-refractivity contribution is 9.09. The number of hydrogen-bond acceptors (Lipinski definition) is 1. The van der Waals surface area contributed by atoms with E-state index in [0.717, 1.165) is 11.8 Å². The molecule has 1 heterocycles. The fourth-order valence-electron chi connectivity index (χ4n) is 6.45. The highest BCUT2D eigenvalue weighted by Crippen LogP contribution is 2.68. The van der Waals surface area contributed by atoms with Crippen molar-refractivity contribution in [2.75, 3.05) is 0 Å². The van der Waals surface area contributed by atoms with Crippen LogP contribution in [0.1, 0.15) is 64.0 Å². The van der Waals surface area contributed by atoms with E-state index in [1.165, 1.54) is 44.2 Å². The third-order valence-electron chi connectivity index (χ3n) is 6.58.